The summed E-state index contributed by atoms with van der Waals surface area (Å²) in [5.41, 5.74) is 4.16. The molecule has 0 aromatic heterocycles. The van der Waals surface area contributed by atoms with Gasteiger partial charge < -0.3 is 30.0 Å². The van der Waals surface area contributed by atoms with Crippen LogP contribution >= 0.6 is 0 Å². The lowest BCUT2D eigenvalue weighted by Gasteiger charge is -2.52. The van der Waals surface area contributed by atoms with Gasteiger partial charge in [0.1, 0.15) is 22.8 Å². The Hall–Kier alpha value is -4.19. The minimum absolute atomic E-state index is 0.0665. The maximum Gasteiger partial charge on any atom is 0.307 e. The van der Waals surface area contributed by atoms with Crippen molar-refractivity contribution in [1.82, 2.24) is 4.90 Å². The Morgan fingerprint density at radius 3 is 2.28 bits per heavy atom. The first kappa shape index (κ1) is 31.7. The summed E-state index contributed by atoms with van der Waals surface area (Å²) in [6.07, 6.45) is 2.03. The van der Waals surface area contributed by atoms with E-state index in [1.165, 1.54) is 0 Å². The van der Waals surface area contributed by atoms with Crippen molar-refractivity contribution >= 4 is 40.9 Å². The van der Waals surface area contributed by atoms with E-state index >= 15 is 0 Å². The van der Waals surface area contributed by atoms with Crippen LogP contribution in [0.4, 0.5) is 5.69 Å². The second kappa shape index (κ2) is 11.8. The molecule has 1 fully saturated rings. The molecule has 0 aliphatic heterocycles. The summed E-state index contributed by atoms with van der Waals surface area (Å²) in [6.45, 7) is 4.57. The summed E-state index contributed by atoms with van der Waals surface area (Å²) in [4.78, 5) is 69.8. The van der Waals surface area contributed by atoms with E-state index in [1.54, 1.807) is 25.1 Å². The van der Waals surface area contributed by atoms with Crippen molar-refractivity contribution in [3.8, 4) is 5.75 Å². The predicted molar refractivity (Wildman–Crippen MR) is 156 cm³/mol. The number of ether oxygens (including phenoxy) is 3. The Bertz CT molecular complexity index is 1460. The Labute approximate surface area is 250 Å². The van der Waals surface area contributed by atoms with Crippen LogP contribution in [-0.2, 0) is 39.9 Å². The molecule has 1 aromatic rings. The monoisotopic (exact) mass is 597 g/mol. The highest BCUT2D eigenvalue weighted by Crippen LogP contribution is 2.54. The van der Waals surface area contributed by atoms with Crippen LogP contribution in [-0.4, -0.2) is 85.9 Å². The van der Waals surface area contributed by atoms with Crippen molar-refractivity contribution in [2.45, 2.75) is 58.1 Å². The molecule has 1 saturated carbocycles. The predicted octanol–water partition coefficient (Wildman–Crippen LogP) is 2.08. The third-order valence-corrected chi connectivity index (χ3v) is 8.30. The number of primary amides is 1. The summed E-state index contributed by atoms with van der Waals surface area (Å²) in [5, 5.41) is 11.8. The van der Waals surface area contributed by atoms with Gasteiger partial charge in [0.05, 0.1) is 18.2 Å². The Balaban J connectivity index is 2.03. The molecule has 4 rings (SSSR count). The number of esters is 2. The van der Waals surface area contributed by atoms with Gasteiger partial charge in [-0.3, -0.25) is 28.9 Å². The Kier molecular flexibility index (Phi) is 8.73. The highest BCUT2D eigenvalue weighted by molar-refractivity contribution is 6.33. The van der Waals surface area contributed by atoms with Gasteiger partial charge in [0.25, 0.3) is 5.91 Å². The third-order valence-electron chi connectivity index (χ3n) is 8.30. The fourth-order valence-corrected chi connectivity index (χ4v) is 6.70. The number of likely N-dealkylation sites (N-methyl/N-ethyl adjacent to an activating group) is 1. The molecule has 4 atom stereocenters. The van der Waals surface area contributed by atoms with Gasteiger partial charge in [0.15, 0.2) is 0 Å². The zero-order chi connectivity index (χ0) is 32.0. The molecular formula is C31H39N3O9. The number of benzene rings is 1. The first-order valence-electron chi connectivity index (χ1n) is 14.3. The lowest BCUT2D eigenvalue weighted by Crippen LogP contribution is -2.68. The number of fused-ring (bicyclic) bond motifs is 3. The van der Waals surface area contributed by atoms with Crippen molar-refractivity contribution < 1.29 is 43.3 Å². The molecule has 0 heterocycles. The maximum atomic E-state index is 14.7. The van der Waals surface area contributed by atoms with Crippen LogP contribution in [0.1, 0.15) is 51.2 Å². The maximum absolute atomic E-state index is 14.7. The van der Waals surface area contributed by atoms with Crippen molar-refractivity contribution in [2.75, 3.05) is 39.7 Å². The number of amides is 1. The lowest BCUT2D eigenvalue weighted by atomic mass is 9.56. The largest absolute Gasteiger partial charge is 0.507 e. The Morgan fingerprint density at radius 2 is 1.74 bits per heavy atom. The third kappa shape index (κ3) is 5.17. The molecule has 3 N–H and O–H groups in total. The second-order valence-corrected chi connectivity index (χ2v) is 11.6. The number of ketones is 2. The van der Waals surface area contributed by atoms with Crippen LogP contribution in [0.5, 0.6) is 5.75 Å². The van der Waals surface area contributed by atoms with Crippen LogP contribution in [0.25, 0.3) is 5.76 Å². The van der Waals surface area contributed by atoms with Gasteiger partial charge in [-0.1, -0.05) is 13.3 Å². The minimum atomic E-state index is -2.53. The van der Waals surface area contributed by atoms with Crippen LogP contribution in [0, 0.1) is 11.8 Å². The molecule has 3 aliphatic carbocycles. The first-order chi connectivity index (χ1) is 20.2. The highest BCUT2D eigenvalue weighted by atomic mass is 16.6. The zero-order valence-electron chi connectivity index (χ0n) is 25.6. The molecule has 12 heteroatoms. The number of rotatable bonds is 9. The molecule has 4 unspecified atom stereocenters. The molecular weight excluding hydrogens is 558 g/mol. The molecule has 0 radical (unpaired) electrons. The van der Waals surface area contributed by atoms with E-state index in [2.05, 4.69) is 0 Å². The quantitative estimate of drug-likeness (QED) is 0.185. The van der Waals surface area contributed by atoms with E-state index in [9.17, 15) is 29.1 Å². The van der Waals surface area contributed by atoms with E-state index in [0.717, 1.165) is 37.9 Å². The summed E-state index contributed by atoms with van der Waals surface area (Å²) < 4.78 is 17.1. The van der Waals surface area contributed by atoms with Crippen molar-refractivity contribution in [3.63, 3.8) is 0 Å². The fraction of sp³-hybridized carbons (Fsp3) is 0.516. The van der Waals surface area contributed by atoms with Crippen molar-refractivity contribution in [1.29, 1.82) is 0 Å². The highest BCUT2D eigenvalue weighted by Gasteiger charge is 2.68. The molecule has 1 amide bonds. The minimum Gasteiger partial charge on any atom is -0.507 e. The number of carbonyl (C=O) groups is 5. The SMILES string of the molecule is CCCCOc1ccc(N(C)C)c2c1C(O)=C1C(=O)C3(OC(C)=O)C(=O)C(C(N)=O)=C(OC(C)=O)C(N(C)C)C3CC1C2. The van der Waals surface area contributed by atoms with E-state index in [-0.39, 0.29) is 23.5 Å². The fourth-order valence-electron chi connectivity index (χ4n) is 6.70. The van der Waals surface area contributed by atoms with E-state index in [0.29, 0.717) is 24.3 Å². The summed E-state index contributed by atoms with van der Waals surface area (Å²) in [6, 6.07) is 2.58. The molecule has 12 nitrogen and oxygen atoms in total. The van der Waals surface area contributed by atoms with E-state index < -0.39 is 58.5 Å². The average Bonchev–Trinajstić information content (AvgIpc) is 2.89. The van der Waals surface area contributed by atoms with Crippen molar-refractivity contribution in [2.24, 2.45) is 17.6 Å². The molecule has 43 heavy (non-hydrogen) atoms. The van der Waals surface area contributed by atoms with Gasteiger partial charge >= 0.3 is 11.9 Å². The molecule has 0 saturated heterocycles. The number of Topliss-reactive ketones (excluding diaryl/α,β-unsaturated/α-hetero) is 2. The number of aliphatic hydroxyl groups excluding tert-OH is 1. The van der Waals surface area contributed by atoms with Crippen LogP contribution < -0.4 is 15.4 Å². The van der Waals surface area contributed by atoms with E-state index in [4.69, 9.17) is 19.9 Å². The van der Waals surface area contributed by atoms with Gasteiger partial charge in [0, 0.05) is 45.1 Å². The number of nitrogens with two attached hydrogens (primary N) is 1. The molecule has 232 valence electrons. The number of hydrogen-bond donors (Lipinski definition) is 2. The number of unbranched alkanes of at least 4 members (excludes halogenated alkanes) is 1. The van der Waals surface area contributed by atoms with Gasteiger partial charge in [0.2, 0.25) is 17.2 Å². The molecule has 0 spiro atoms. The molecule has 3 aliphatic rings. The van der Waals surface area contributed by atoms with Crippen LogP contribution in [0.3, 0.4) is 0 Å². The number of carbonyl (C=O) groups excluding carboxylic acids is 5. The topological polar surface area (TPSA) is 166 Å². The zero-order valence-corrected chi connectivity index (χ0v) is 25.6. The normalized spacial score (nSPS) is 24.7. The van der Waals surface area contributed by atoms with Gasteiger partial charge in [-0.25, -0.2) is 0 Å². The number of hydrogen-bond acceptors (Lipinski definition) is 11. The number of anilines is 1. The van der Waals surface area contributed by atoms with Gasteiger partial charge in [-0.15, -0.1) is 0 Å². The van der Waals surface area contributed by atoms with Crippen molar-refractivity contribution in [3.05, 3.63) is 40.2 Å². The first-order valence-corrected chi connectivity index (χ1v) is 14.3. The van der Waals surface area contributed by atoms with E-state index in [1.807, 2.05) is 32.0 Å². The smallest absolute Gasteiger partial charge is 0.307 e. The van der Waals surface area contributed by atoms with Gasteiger partial charge in [-0.05, 0) is 57.0 Å². The number of aliphatic hydroxyl groups is 1. The Morgan fingerprint density at radius 1 is 1.07 bits per heavy atom. The standard InChI is InChI=1S/C31H39N3O9/c1-8-9-12-41-21-11-10-20(33(4)5)18-13-17-14-19-25(34(6)7)27(42-15(2)35)24(30(32)40)29(39)31(19,43-16(3)36)28(38)22(17)26(37)23(18)21/h10-11,17,19,25,37H,8-9,12-14H2,1-7H3,(H2,32,40). The molecule has 1 aromatic carbocycles. The van der Waals surface area contributed by atoms with Crippen LogP contribution in [0.2, 0.25) is 0 Å². The average molecular weight is 598 g/mol. The lowest BCUT2D eigenvalue weighted by molar-refractivity contribution is -0.184. The summed E-state index contributed by atoms with van der Waals surface area (Å²) in [7, 11) is 6.97. The summed E-state index contributed by atoms with van der Waals surface area (Å²) >= 11 is 0. The van der Waals surface area contributed by atoms with Gasteiger partial charge in [-0.2, -0.15) is 0 Å². The number of nitrogens with zero attached hydrogens (tertiary/aromatic N) is 2. The second-order valence-electron chi connectivity index (χ2n) is 11.6. The summed E-state index contributed by atoms with van der Waals surface area (Å²) in [5.74, 6) is -7.12. The van der Waals surface area contributed by atoms with Crippen LogP contribution in [0.15, 0.2) is 29.0 Å². The molecule has 0 bridgehead atoms.